The molecular formula is C7H17O2PS3. The third-order valence-electron chi connectivity index (χ3n) is 0.813. The van der Waals surface area contributed by atoms with Crippen molar-refractivity contribution in [2.45, 2.75) is 20.6 Å². The highest BCUT2D eigenvalue weighted by atomic mass is 32.9. The van der Waals surface area contributed by atoms with E-state index in [0.29, 0.717) is 17.1 Å². The highest BCUT2D eigenvalue weighted by Gasteiger charge is 2.17. The molecular weight excluding hydrogens is 243 g/mol. The van der Waals surface area contributed by atoms with Gasteiger partial charge in [-0.2, -0.15) is 11.8 Å². The molecule has 0 saturated carbocycles. The Labute approximate surface area is 108 Å². The van der Waals surface area contributed by atoms with Gasteiger partial charge in [-0.25, -0.2) is 0 Å². The normalized spacial score (nSPS) is 27.5. The average Bonchev–Trinajstić information content (AvgIpc) is 2.23. The molecule has 0 aromatic heterocycles. The van der Waals surface area contributed by atoms with Crippen molar-refractivity contribution in [3.63, 3.8) is 0 Å². The summed E-state index contributed by atoms with van der Waals surface area (Å²) in [7, 11) is 0. The fourth-order valence-electron chi connectivity index (χ4n) is 0.368. The monoisotopic (exact) mass is 270 g/mol. The zero-order chi connectivity index (χ0) is 18.7. The van der Waals surface area contributed by atoms with E-state index < -0.39 is 32.5 Å². The van der Waals surface area contributed by atoms with E-state index in [4.69, 9.17) is 34.6 Å². The first-order chi connectivity index (χ1) is 9.97. The third-order valence-corrected chi connectivity index (χ3v) is 7.00. The fraction of sp³-hybridized carbons (Fsp3) is 1.00. The van der Waals surface area contributed by atoms with E-state index in [-0.39, 0.29) is 5.08 Å². The zero-order valence-electron chi connectivity index (χ0n) is 16.9. The van der Waals surface area contributed by atoms with Gasteiger partial charge >= 0.3 is 0 Å². The predicted octanol–water partition coefficient (Wildman–Crippen LogP) is 3.73. The van der Waals surface area contributed by atoms with Crippen molar-refractivity contribution in [1.29, 1.82) is 0 Å². The van der Waals surface area contributed by atoms with Gasteiger partial charge in [0.05, 0.1) is 18.6 Å². The van der Waals surface area contributed by atoms with Crippen molar-refractivity contribution in [2.24, 2.45) is 0 Å². The van der Waals surface area contributed by atoms with Gasteiger partial charge in [0, 0.05) is 13.3 Å². The Bertz CT molecular complexity index is 405. The van der Waals surface area contributed by atoms with Gasteiger partial charge in [0.2, 0.25) is 5.69 Å². The van der Waals surface area contributed by atoms with Gasteiger partial charge in [-0.05, 0) is 31.3 Å². The molecule has 80 valence electrons. The molecule has 0 atom stereocenters. The minimum atomic E-state index is -3.93. The fourth-order valence-corrected chi connectivity index (χ4v) is 5.97. The van der Waals surface area contributed by atoms with Crippen LogP contribution in [-0.4, -0.2) is 24.0 Å². The summed E-state index contributed by atoms with van der Waals surface area (Å²) >= 11 is 7.02. The van der Waals surface area contributed by atoms with Crippen LogP contribution in [0.15, 0.2) is 0 Å². The maximum Gasteiger partial charge on any atom is 0.248 e. The second-order valence-corrected chi connectivity index (χ2v) is 9.37. The van der Waals surface area contributed by atoms with E-state index in [1.54, 1.807) is 0 Å². The Morgan fingerprint density at radius 3 is 2.54 bits per heavy atom. The van der Waals surface area contributed by atoms with Crippen LogP contribution in [0.1, 0.15) is 34.3 Å². The first-order valence-electron chi connectivity index (χ1n) is 8.21. The zero-order valence-corrected chi connectivity index (χ0v) is 10.2. The van der Waals surface area contributed by atoms with E-state index in [1.165, 1.54) is 11.8 Å². The maximum atomic E-state index is 7.46. The molecule has 0 heterocycles. The molecule has 2 nitrogen and oxygen atoms in total. The molecule has 6 heteroatoms. The first kappa shape index (κ1) is 4.64. The van der Waals surface area contributed by atoms with Gasteiger partial charge in [0.1, 0.15) is 0 Å². The van der Waals surface area contributed by atoms with Crippen LogP contribution in [-0.2, 0) is 20.9 Å². The maximum absolute atomic E-state index is 7.46. The van der Waals surface area contributed by atoms with Crippen molar-refractivity contribution < 1.29 is 22.8 Å². The summed E-state index contributed by atoms with van der Waals surface area (Å²) < 4.78 is 82.1. The Morgan fingerprint density at radius 2 is 2.08 bits per heavy atom. The van der Waals surface area contributed by atoms with Gasteiger partial charge in [0.15, 0.2) is 0 Å². The molecule has 0 unspecified atom stereocenters. The lowest BCUT2D eigenvalue weighted by molar-refractivity contribution is 0.280. The van der Waals surface area contributed by atoms with E-state index in [2.05, 4.69) is 0 Å². The molecule has 0 spiro atoms. The largest absolute Gasteiger partial charge is 0.322 e. The number of hydrogen-bond donors (Lipinski definition) is 0. The van der Waals surface area contributed by atoms with Gasteiger partial charge in [-0.3, -0.25) is 0 Å². The lowest BCUT2D eigenvalue weighted by atomic mass is 10.9. The Hall–Kier alpha value is 1.27. The van der Waals surface area contributed by atoms with Gasteiger partial charge in [-0.1, -0.05) is 18.3 Å². The molecule has 0 aliphatic heterocycles. The lowest BCUT2D eigenvalue weighted by Crippen LogP contribution is -1.92. The second-order valence-electron chi connectivity index (χ2n) is 1.57. The molecule has 0 rings (SSSR count). The number of thioether (sulfide) groups is 1. The Balaban J connectivity index is 5.47. The summed E-state index contributed by atoms with van der Waals surface area (Å²) in [5, 5.41) is 0.210. The molecule has 0 aliphatic carbocycles. The summed E-state index contributed by atoms with van der Waals surface area (Å²) in [5.41, 5.74) is -3.93. The van der Waals surface area contributed by atoms with Crippen LogP contribution in [0.3, 0.4) is 0 Å². The third kappa shape index (κ3) is 7.23. The van der Waals surface area contributed by atoms with E-state index >= 15 is 0 Å². The van der Waals surface area contributed by atoms with Crippen LogP contribution < -0.4 is 0 Å². The van der Waals surface area contributed by atoms with Crippen LogP contribution in [0.5, 0.6) is 0 Å². The second kappa shape index (κ2) is 8.57. The van der Waals surface area contributed by atoms with Crippen LogP contribution >= 0.6 is 28.8 Å². The van der Waals surface area contributed by atoms with Crippen molar-refractivity contribution in [1.82, 2.24) is 0 Å². The Kier molecular flexibility index (Phi) is 3.06. The van der Waals surface area contributed by atoms with E-state index in [9.17, 15) is 0 Å². The average molecular weight is 270 g/mol. The summed E-state index contributed by atoms with van der Waals surface area (Å²) in [6.45, 7) is -10.9. The highest BCUT2D eigenvalue weighted by Crippen LogP contribution is 2.61. The summed E-state index contributed by atoms with van der Waals surface area (Å²) in [6, 6.07) is 0. The van der Waals surface area contributed by atoms with Crippen LogP contribution in [0.25, 0.3) is 0 Å². The molecule has 0 fully saturated rings. The van der Waals surface area contributed by atoms with Gasteiger partial charge < -0.3 is 9.05 Å². The highest BCUT2D eigenvalue weighted by molar-refractivity contribution is 8.69. The predicted molar refractivity (Wildman–Crippen MR) is 68.1 cm³/mol. The van der Waals surface area contributed by atoms with Crippen LogP contribution in [0.2, 0.25) is 0 Å². The molecule has 0 aromatic carbocycles. The topological polar surface area (TPSA) is 18.5 Å². The smallest absolute Gasteiger partial charge is 0.248 e. The van der Waals surface area contributed by atoms with Gasteiger partial charge in [0.25, 0.3) is 0 Å². The SMILES string of the molecule is [2H]C([2H])([2H])C([2H])([2H])OP(=S)(OC([2H])([2H])C([2H])([2H])[2H])SCSCC. The molecule has 0 bridgehead atoms. The van der Waals surface area contributed by atoms with Crippen molar-refractivity contribution >= 4 is 40.6 Å². The summed E-state index contributed by atoms with van der Waals surface area (Å²) in [4.78, 5) is 0. The molecule has 13 heavy (non-hydrogen) atoms. The molecule has 0 amide bonds. The Morgan fingerprint density at radius 1 is 1.46 bits per heavy atom. The summed E-state index contributed by atoms with van der Waals surface area (Å²) in [6.07, 6.45) is 0. The quantitative estimate of drug-likeness (QED) is 0.379. The number of rotatable bonds is 8. The molecule has 0 saturated heterocycles. The molecule has 0 N–H and O–H groups in total. The minimum Gasteiger partial charge on any atom is -0.322 e. The van der Waals surface area contributed by atoms with Crippen LogP contribution in [0, 0.1) is 0 Å². The first-order valence-corrected chi connectivity index (χ1v) is 8.60. The van der Waals surface area contributed by atoms with Crippen LogP contribution in [0.4, 0.5) is 0 Å². The minimum absolute atomic E-state index is 0.210. The van der Waals surface area contributed by atoms with Crippen molar-refractivity contribution in [3.8, 4) is 0 Å². The molecule has 0 aliphatic rings. The molecule has 0 radical (unpaired) electrons. The van der Waals surface area contributed by atoms with Gasteiger partial charge in [-0.15, -0.1) is 0 Å². The van der Waals surface area contributed by atoms with E-state index in [1.807, 2.05) is 6.92 Å². The number of hydrogen-bond acceptors (Lipinski definition) is 5. The van der Waals surface area contributed by atoms with Crippen molar-refractivity contribution in [2.75, 3.05) is 24.0 Å². The molecule has 0 aromatic rings. The standard InChI is InChI=1S/C7H17O2PS3/c1-4-8-10(11,9-5-2)13-7-12-6-3/h4-7H2,1-3H3/i1D3,2D3,4D2,5D2. The lowest BCUT2D eigenvalue weighted by Gasteiger charge is -2.19. The van der Waals surface area contributed by atoms with E-state index in [0.717, 1.165) is 0 Å². The summed E-state index contributed by atoms with van der Waals surface area (Å²) in [5.74, 6) is 0.667. The van der Waals surface area contributed by atoms with Crippen molar-refractivity contribution in [3.05, 3.63) is 0 Å².